The molecule has 0 aromatic heterocycles. The number of benzene rings is 1. The number of rotatable bonds is 4. The monoisotopic (exact) mass is 240 g/mol. The summed E-state index contributed by atoms with van der Waals surface area (Å²) in [6.45, 7) is 3.68. The topological polar surface area (TPSA) is 64.3 Å². The normalized spacial score (nSPS) is 9.62. The Labute approximate surface area is 99.0 Å². The van der Waals surface area contributed by atoms with E-state index in [4.69, 9.17) is 22.1 Å². The lowest BCUT2D eigenvalue weighted by Gasteiger charge is -2.08. The van der Waals surface area contributed by atoms with Crippen LogP contribution in [0.15, 0.2) is 29.8 Å². The first-order valence-electron chi connectivity index (χ1n) is 4.59. The van der Waals surface area contributed by atoms with Crippen molar-refractivity contribution in [3.05, 3.63) is 35.4 Å². The Bertz CT molecular complexity index is 418. The van der Waals surface area contributed by atoms with Gasteiger partial charge in [0.1, 0.15) is 5.75 Å². The van der Waals surface area contributed by atoms with Gasteiger partial charge in [-0.1, -0.05) is 18.2 Å². The molecule has 1 amide bonds. The van der Waals surface area contributed by atoms with E-state index in [0.29, 0.717) is 22.0 Å². The van der Waals surface area contributed by atoms with Gasteiger partial charge >= 0.3 is 0 Å². The van der Waals surface area contributed by atoms with E-state index in [0.717, 1.165) is 0 Å². The molecule has 86 valence electrons. The first-order chi connectivity index (χ1) is 7.54. The van der Waals surface area contributed by atoms with Crippen LogP contribution in [0.4, 0.5) is 5.69 Å². The van der Waals surface area contributed by atoms with Crippen molar-refractivity contribution >= 4 is 23.2 Å². The lowest BCUT2D eigenvalue weighted by atomic mass is 10.1. The molecule has 0 fully saturated rings. The third kappa shape index (κ3) is 3.17. The van der Waals surface area contributed by atoms with Crippen LogP contribution < -0.4 is 15.8 Å². The first-order valence-corrected chi connectivity index (χ1v) is 4.97. The number of amides is 1. The molecule has 1 rings (SSSR count). The second kappa shape index (κ2) is 5.42. The van der Waals surface area contributed by atoms with Gasteiger partial charge < -0.3 is 15.8 Å². The van der Waals surface area contributed by atoms with Gasteiger partial charge in [0.25, 0.3) is 5.91 Å². The van der Waals surface area contributed by atoms with Gasteiger partial charge in [-0.3, -0.25) is 4.79 Å². The van der Waals surface area contributed by atoms with Crippen molar-refractivity contribution in [1.82, 2.24) is 5.32 Å². The van der Waals surface area contributed by atoms with Crippen molar-refractivity contribution in [2.45, 2.75) is 0 Å². The molecule has 0 spiro atoms. The zero-order valence-electron chi connectivity index (χ0n) is 8.92. The molecule has 0 bridgehead atoms. The van der Waals surface area contributed by atoms with E-state index >= 15 is 0 Å². The molecule has 0 aliphatic carbocycles. The number of nitrogens with one attached hydrogen (secondary N) is 1. The van der Waals surface area contributed by atoms with Crippen LogP contribution in [0, 0.1) is 0 Å². The molecule has 0 aliphatic heterocycles. The van der Waals surface area contributed by atoms with Crippen LogP contribution in [-0.2, 0) is 0 Å². The number of halogens is 1. The quantitative estimate of drug-likeness (QED) is 0.789. The summed E-state index contributed by atoms with van der Waals surface area (Å²) in [7, 11) is 1.52. The minimum Gasteiger partial charge on any atom is -0.497 e. The maximum Gasteiger partial charge on any atom is 0.253 e. The van der Waals surface area contributed by atoms with E-state index in [2.05, 4.69) is 11.9 Å². The number of ether oxygens (including phenoxy) is 1. The second-order valence-electron chi connectivity index (χ2n) is 3.15. The maximum absolute atomic E-state index is 11.7. The van der Waals surface area contributed by atoms with E-state index in [1.807, 2.05) is 0 Å². The van der Waals surface area contributed by atoms with E-state index in [-0.39, 0.29) is 12.5 Å². The molecule has 0 saturated carbocycles. The third-order valence-corrected chi connectivity index (χ3v) is 2.08. The van der Waals surface area contributed by atoms with Crippen molar-refractivity contribution in [3.63, 3.8) is 0 Å². The van der Waals surface area contributed by atoms with Crippen molar-refractivity contribution in [3.8, 4) is 5.75 Å². The van der Waals surface area contributed by atoms with Crippen molar-refractivity contribution in [1.29, 1.82) is 0 Å². The number of hydrogen-bond acceptors (Lipinski definition) is 3. The highest BCUT2D eigenvalue weighted by Crippen LogP contribution is 2.19. The summed E-state index contributed by atoms with van der Waals surface area (Å²) >= 11 is 5.54. The highest BCUT2D eigenvalue weighted by molar-refractivity contribution is 6.29. The zero-order chi connectivity index (χ0) is 12.1. The molecule has 3 N–H and O–H groups in total. The lowest BCUT2D eigenvalue weighted by Crippen LogP contribution is -2.25. The molecule has 0 heterocycles. The van der Waals surface area contributed by atoms with E-state index in [1.54, 1.807) is 18.2 Å². The Morgan fingerprint density at radius 1 is 1.62 bits per heavy atom. The van der Waals surface area contributed by atoms with Crippen LogP contribution in [0.2, 0.25) is 0 Å². The van der Waals surface area contributed by atoms with Gasteiger partial charge in [-0.2, -0.15) is 0 Å². The molecular formula is C11H13ClN2O2. The summed E-state index contributed by atoms with van der Waals surface area (Å²) in [5.41, 5.74) is 6.43. The smallest absolute Gasteiger partial charge is 0.253 e. The van der Waals surface area contributed by atoms with Crippen LogP contribution in [0.5, 0.6) is 5.75 Å². The highest BCUT2D eigenvalue weighted by Gasteiger charge is 2.10. The van der Waals surface area contributed by atoms with Crippen LogP contribution in [0.25, 0.3) is 0 Å². The lowest BCUT2D eigenvalue weighted by molar-refractivity contribution is 0.0958. The van der Waals surface area contributed by atoms with Crippen molar-refractivity contribution < 1.29 is 9.53 Å². The minimum absolute atomic E-state index is 0.205. The number of carbonyl (C=O) groups is 1. The highest BCUT2D eigenvalue weighted by atomic mass is 35.5. The van der Waals surface area contributed by atoms with Gasteiger partial charge in [0.2, 0.25) is 0 Å². The first kappa shape index (κ1) is 12.4. The molecule has 4 nitrogen and oxygen atoms in total. The molecule has 0 radical (unpaired) electrons. The predicted octanol–water partition coefficient (Wildman–Crippen LogP) is 1.76. The summed E-state index contributed by atoms with van der Waals surface area (Å²) < 4.78 is 5.01. The van der Waals surface area contributed by atoms with Crippen LogP contribution >= 0.6 is 11.6 Å². The number of carbonyl (C=O) groups excluding carboxylic acids is 1. The summed E-state index contributed by atoms with van der Waals surface area (Å²) in [4.78, 5) is 11.7. The largest absolute Gasteiger partial charge is 0.497 e. The summed E-state index contributed by atoms with van der Waals surface area (Å²) in [5, 5.41) is 2.94. The minimum atomic E-state index is -0.307. The van der Waals surface area contributed by atoms with Crippen LogP contribution in [0.3, 0.4) is 0 Å². The van der Waals surface area contributed by atoms with Gasteiger partial charge in [-0.05, 0) is 18.2 Å². The molecule has 0 atom stereocenters. The van der Waals surface area contributed by atoms with Crippen LogP contribution in [0.1, 0.15) is 10.4 Å². The Balaban J connectivity index is 2.85. The van der Waals surface area contributed by atoms with E-state index in [1.165, 1.54) is 7.11 Å². The van der Waals surface area contributed by atoms with Gasteiger partial charge in [-0.15, -0.1) is 0 Å². The predicted molar refractivity (Wildman–Crippen MR) is 64.7 cm³/mol. The maximum atomic E-state index is 11.7. The fourth-order valence-corrected chi connectivity index (χ4v) is 1.20. The van der Waals surface area contributed by atoms with Gasteiger partial charge in [0.05, 0.1) is 19.2 Å². The van der Waals surface area contributed by atoms with Crippen molar-refractivity contribution in [2.24, 2.45) is 0 Å². The summed E-state index contributed by atoms with van der Waals surface area (Å²) in [6.07, 6.45) is 0. The molecule has 0 saturated heterocycles. The third-order valence-electron chi connectivity index (χ3n) is 1.95. The standard InChI is InChI=1S/C11H13ClN2O2/c1-7(12)6-14-11(15)9-5-8(16-2)3-4-10(9)13/h3-5H,1,6,13H2,2H3,(H,14,15). The van der Waals surface area contributed by atoms with E-state index < -0.39 is 0 Å². The Morgan fingerprint density at radius 3 is 2.88 bits per heavy atom. The van der Waals surface area contributed by atoms with Crippen molar-refractivity contribution in [2.75, 3.05) is 19.4 Å². The average Bonchev–Trinajstić information content (AvgIpc) is 2.26. The Hall–Kier alpha value is -1.68. The zero-order valence-corrected chi connectivity index (χ0v) is 9.67. The van der Waals surface area contributed by atoms with Gasteiger partial charge in [-0.25, -0.2) is 0 Å². The molecule has 5 heteroatoms. The number of hydrogen-bond donors (Lipinski definition) is 2. The molecule has 0 unspecified atom stereocenters. The fraction of sp³-hybridized carbons (Fsp3) is 0.182. The molecule has 1 aromatic carbocycles. The number of nitrogen functional groups attached to an aromatic ring is 1. The Morgan fingerprint density at radius 2 is 2.31 bits per heavy atom. The molecule has 1 aromatic rings. The molecular weight excluding hydrogens is 228 g/mol. The fourth-order valence-electron chi connectivity index (χ4n) is 1.13. The molecule has 16 heavy (non-hydrogen) atoms. The molecule has 0 aliphatic rings. The SMILES string of the molecule is C=C(Cl)CNC(=O)c1cc(OC)ccc1N. The van der Waals surface area contributed by atoms with Crippen LogP contribution in [-0.4, -0.2) is 19.6 Å². The number of anilines is 1. The number of nitrogens with two attached hydrogens (primary N) is 1. The average molecular weight is 241 g/mol. The van der Waals surface area contributed by atoms with Gasteiger partial charge in [0, 0.05) is 10.7 Å². The Kier molecular flexibility index (Phi) is 4.19. The summed E-state index contributed by atoms with van der Waals surface area (Å²) in [6, 6.07) is 4.87. The van der Waals surface area contributed by atoms with E-state index in [9.17, 15) is 4.79 Å². The summed E-state index contributed by atoms with van der Waals surface area (Å²) in [5.74, 6) is 0.266. The number of methoxy groups -OCH3 is 1. The second-order valence-corrected chi connectivity index (χ2v) is 3.69. The van der Waals surface area contributed by atoms with Gasteiger partial charge in [0.15, 0.2) is 0 Å².